The molecule has 2 N–H and O–H groups in total. The molecule has 0 saturated carbocycles. The van der Waals surface area contributed by atoms with E-state index in [1.54, 1.807) is 4.90 Å². The van der Waals surface area contributed by atoms with Gasteiger partial charge in [-0.1, -0.05) is 15.9 Å². The molecule has 7 nitrogen and oxygen atoms in total. The van der Waals surface area contributed by atoms with Crippen molar-refractivity contribution in [2.75, 3.05) is 38.6 Å². The van der Waals surface area contributed by atoms with Crippen LogP contribution in [0.15, 0.2) is 22.7 Å². The van der Waals surface area contributed by atoms with Gasteiger partial charge in [0, 0.05) is 29.4 Å². The zero-order chi connectivity index (χ0) is 18.0. The minimum absolute atomic E-state index is 0.0582. The molecule has 1 aromatic carbocycles. The van der Waals surface area contributed by atoms with Crippen LogP contribution in [-0.2, 0) is 9.59 Å². The van der Waals surface area contributed by atoms with Gasteiger partial charge in [0.1, 0.15) is 0 Å². The number of H-pyrrole nitrogens is 1. The van der Waals surface area contributed by atoms with Crippen LogP contribution in [0.5, 0.6) is 0 Å². The largest absolute Gasteiger partial charge is 0.356 e. The quantitative estimate of drug-likeness (QED) is 0.714. The number of carbonyl (C=O) groups is 2. The number of fused-ring (bicyclic) bond motifs is 1. The first kappa shape index (κ1) is 17.9. The fraction of sp³-hybridized carbons (Fsp3) is 0.471. The van der Waals surface area contributed by atoms with Gasteiger partial charge < -0.3 is 10.2 Å². The Morgan fingerprint density at radius 3 is 3.04 bits per heavy atom. The number of anilines is 1. The molecule has 1 atom stereocenters. The Balaban J connectivity index is 1.64. The van der Waals surface area contributed by atoms with Crippen LogP contribution < -0.4 is 10.2 Å². The SMILES string of the molecule is CN(C)CCCNC(=O)[C@H]1CC(=O)N(c2n[nH]c3cc(Br)ccc23)C1. The van der Waals surface area contributed by atoms with E-state index in [0.29, 0.717) is 18.9 Å². The van der Waals surface area contributed by atoms with Gasteiger partial charge in [-0.2, -0.15) is 5.10 Å². The van der Waals surface area contributed by atoms with E-state index in [-0.39, 0.29) is 24.2 Å². The van der Waals surface area contributed by atoms with Crippen molar-refractivity contribution in [1.82, 2.24) is 20.4 Å². The lowest BCUT2D eigenvalue weighted by Crippen LogP contribution is -2.34. The summed E-state index contributed by atoms with van der Waals surface area (Å²) in [4.78, 5) is 28.4. The average Bonchev–Trinajstić information content (AvgIpc) is 3.14. The molecule has 2 heterocycles. The minimum Gasteiger partial charge on any atom is -0.356 e. The van der Waals surface area contributed by atoms with Crippen molar-refractivity contribution in [3.63, 3.8) is 0 Å². The molecule has 1 aromatic heterocycles. The number of amides is 2. The van der Waals surface area contributed by atoms with Gasteiger partial charge in [-0.15, -0.1) is 0 Å². The lowest BCUT2D eigenvalue weighted by molar-refractivity contribution is -0.126. The molecule has 8 heteroatoms. The molecular weight excluding hydrogens is 386 g/mol. The van der Waals surface area contributed by atoms with Crippen LogP contribution >= 0.6 is 15.9 Å². The summed E-state index contributed by atoms with van der Waals surface area (Å²) in [6.07, 6.45) is 1.12. The fourth-order valence-corrected chi connectivity index (χ4v) is 3.38. The van der Waals surface area contributed by atoms with Crippen molar-refractivity contribution < 1.29 is 9.59 Å². The molecule has 3 rings (SSSR count). The normalized spacial score (nSPS) is 17.7. The van der Waals surface area contributed by atoms with E-state index in [2.05, 4.69) is 36.3 Å². The lowest BCUT2D eigenvalue weighted by Gasteiger charge is -2.15. The summed E-state index contributed by atoms with van der Waals surface area (Å²) >= 11 is 3.42. The molecule has 0 radical (unpaired) electrons. The molecule has 1 aliphatic heterocycles. The number of nitrogens with zero attached hydrogens (tertiary/aromatic N) is 3. The maximum Gasteiger partial charge on any atom is 0.229 e. The number of benzene rings is 1. The van der Waals surface area contributed by atoms with E-state index < -0.39 is 0 Å². The summed E-state index contributed by atoms with van der Waals surface area (Å²) in [5.74, 6) is 0.145. The second-order valence-corrected chi connectivity index (χ2v) is 7.51. The Bertz CT molecular complexity index is 788. The lowest BCUT2D eigenvalue weighted by atomic mass is 10.1. The number of rotatable bonds is 6. The molecule has 0 unspecified atom stereocenters. The van der Waals surface area contributed by atoms with Gasteiger partial charge >= 0.3 is 0 Å². The van der Waals surface area contributed by atoms with Crippen LogP contribution in [0.1, 0.15) is 12.8 Å². The van der Waals surface area contributed by atoms with Crippen molar-refractivity contribution in [3.8, 4) is 0 Å². The highest BCUT2D eigenvalue weighted by atomic mass is 79.9. The third-order valence-electron chi connectivity index (χ3n) is 4.34. The van der Waals surface area contributed by atoms with Crippen LogP contribution in [0.2, 0.25) is 0 Å². The van der Waals surface area contributed by atoms with E-state index in [9.17, 15) is 9.59 Å². The van der Waals surface area contributed by atoms with Crippen LogP contribution in [0, 0.1) is 5.92 Å². The first-order chi connectivity index (χ1) is 12.0. The first-order valence-electron chi connectivity index (χ1n) is 8.32. The van der Waals surface area contributed by atoms with E-state index in [0.717, 1.165) is 28.3 Å². The number of nitrogens with one attached hydrogen (secondary N) is 2. The molecule has 25 heavy (non-hydrogen) atoms. The molecule has 1 saturated heterocycles. The summed E-state index contributed by atoms with van der Waals surface area (Å²) in [7, 11) is 4.00. The van der Waals surface area contributed by atoms with E-state index in [1.165, 1.54) is 0 Å². The van der Waals surface area contributed by atoms with Crippen LogP contribution in [-0.4, -0.2) is 60.6 Å². The summed E-state index contributed by atoms with van der Waals surface area (Å²) < 4.78 is 0.943. The summed E-state index contributed by atoms with van der Waals surface area (Å²) in [6.45, 7) is 1.92. The molecule has 1 fully saturated rings. The highest BCUT2D eigenvalue weighted by Crippen LogP contribution is 2.31. The first-order valence-corrected chi connectivity index (χ1v) is 9.11. The van der Waals surface area contributed by atoms with Gasteiger partial charge in [0.15, 0.2) is 5.82 Å². The number of aromatic amines is 1. The van der Waals surface area contributed by atoms with E-state index in [4.69, 9.17) is 0 Å². The second kappa shape index (κ2) is 7.53. The topological polar surface area (TPSA) is 81.3 Å². The van der Waals surface area contributed by atoms with E-state index in [1.807, 2.05) is 32.3 Å². The molecule has 1 aliphatic rings. The highest BCUT2D eigenvalue weighted by molar-refractivity contribution is 9.10. The van der Waals surface area contributed by atoms with Crippen molar-refractivity contribution in [3.05, 3.63) is 22.7 Å². The zero-order valence-electron chi connectivity index (χ0n) is 14.4. The van der Waals surface area contributed by atoms with Crippen molar-refractivity contribution in [2.24, 2.45) is 5.92 Å². The van der Waals surface area contributed by atoms with Gasteiger partial charge in [0.05, 0.1) is 11.4 Å². The Kier molecular flexibility index (Phi) is 5.39. The standard InChI is InChI=1S/C17H22BrN5O2/c1-22(2)7-3-6-19-17(25)11-8-15(24)23(10-11)16-13-5-4-12(18)9-14(13)20-21-16/h4-5,9,11H,3,6-8,10H2,1-2H3,(H,19,25)(H,20,21)/t11-/m0/s1. The number of carbonyl (C=O) groups excluding carboxylic acids is 2. The van der Waals surface area contributed by atoms with Gasteiger partial charge in [-0.3, -0.25) is 19.6 Å². The van der Waals surface area contributed by atoms with E-state index >= 15 is 0 Å². The van der Waals surface area contributed by atoms with Gasteiger partial charge in [-0.05, 0) is 45.3 Å². The Labute approximate surface area is 154 Å². The maximum atomic E-state index is 12.4. The molecular formula is C17H22BrN5O2. The molecule has 134 valence electrons. The van der Waals surface area contributed by atoms with Crippen LogP contribution in [0.4, 0.5) is 5.82 Å². The van der Waals surface area contributed by atoms with Crippen LogP contribution in [0.3, 0.4) is 0 Å². The Hall–Kier alpha value is -1.93. The Morgan fingerprint density at radius 1 is 1.48 bits per heavy atom. The molecule has 2 amide bonds. The summed E-state index contributed by atoms with van der Waals surface area (Å²) in [6, 6.07) is 5.75. The molecule has 0 spiro atoms. The number of aromatic nitrogens is 2. The van der Waals surface area contributed by atoms with Crippen molar-refractivity contribution in [1.29, 1.82) is 0 Å². The predicted molar refractivity (Wildman–Crippen MR) is 100 cm³/mol. The van der Waals surface area contributed by atoms with Gasteiger partial charge in [0.2, 0.25) is 11.8 Å². The molecule has 0 aliphatic carbocycles. The van der Waals surface area contributed by atoms with Crippen molar-refractivity contribution in [2.45, 2.75) is 12.8 Å². The van der Waals surface area contributed by atoms with Crippen LogP contribution in [0.25, 0.3) is 10.9 Å². The smallest absolute Gasteiger partial charge is 0.229 e. The number of hydrogen-bond acceptors (Lipinski definition) is 4. The average molecular weight is 408 g/mol. The fourth-order valence-electron chi connectivity index (χ4n) is 3.02. The highest BCUT2D eigenvalue weighted by Gasteiger charge is 2.36. The zero-order valence-corrected chi connectivity index (χ0v) is 16.0. The van der Waals surface area contributed by atoms with Crippen molar-refractivity contribution >= 4 is 44.5 Å². The third-order valence-corrected chi connectivity index (χ3v) is 4.83. The maximum absolute atomic E-state index is 12.4. The number of halogens is 1. The molecule has 0 bridgehead atoms. The summed E-state index contributed by atoms with van der Waals surface area (Å²) in [5.41, 5.74) is 0.855. The molecule has 2 aromatic rings. The van der Waals surface area contributed by atoms with Gasteiger partial charge in [-0.25, -0.2) is 0 Å². The second-order valence-electron chi connectivity index (χ2n) is 6.59. The monoisotopic (exact) mass is 407 g/mol. The predicted octanol–water partition coefficient (Wildman–Crippen LogP) is 1.75. The third kappa shape index (κ3) is 4.01. The Morgan fingerprint density at radius 2 is 2.28 bits per heavy atom. The minimum atomic E-state index is -0.325. The number of hydrogen-bond donors (Lipinski definition) is 2. The summed E-state index contributed by atoms with van der Waals surface area (Å²) in [5, 5.41) is 11.0. The van der Waals surface area contributed by atoms with Gasteiger partial charge in [0.25, 0.3) is 0 Å².